The lowest BCUT2D eigenvalue weighted by atomic mass is 10.1. The molecule has 0 bridgehead atoms. The van der Waals surface area contributed by atoms with Crippen LogP contribution < -0.4 is 16.0 Å². The minimum absolute atomic E-state index is 0. The number of halogens is 2. The molecule has 0 heterocycles. The SMILES string of the molecule is CN=C(NCCc1cccc(C(=O)NC)c1)NCCN(C)Cc1ccc(F)cc1.I. The molecule has 2 rings (SSSR count). The van der Waals surface area contributed by atoms with Crippen molar-refractivity contribution in [2.45, 2.75) is 13.0 Å². The lowest BCUT2D eigenvalue weighted by Crippen LogP contribution is -2.41. The molecule has 0 saturated carbocycles. The molecule has 30 heavy (non-hydrogen) atoms. The molecule has 2 aromatic rings. The lowest BCUT2D eigenvalue weighted by molar-refractivity contribution is 0.0963. The Morgan fingerprint density at radius 1 is 1.07 bits per heavy atom. The van der Waals surface area contributed by atoms with Crippen molar-refractivity contribution in [2.75, 3.05) is 40.8 Å². The highest BCUT2D eigenvalue weighted by molar-refractivity contribution is 14.0. The highest BCUT2D eigenvalue weighted by atomic mass is 127. The number of likely N-dealkylation sites (N-methyl/N-ethyl adjacent to an activating group) is 1. The summed E-state index contributed by atoms with van der Waals surface area (Å²) in [6, 6.07) is 14.2. The normalized spacial score (nSPS) is 11.0. The van der Waals surface area contributed by atoms with Crippen LogP contribution in [-0.2, 0) is 13.0 Å². The second-order valence-corrected chi connectivity index (χ2v) is 6.82. The van der Waals surface area contributed by atoms with E-state index >= 15 is 0 Å². The molecule has 0 aromatic heterocycles. The summed E-state index contributed by atoms with van der Waals surface area (Å²) in [5.41, 5.74) is 2.83. The molecule has 0 aliphatic carbocycles. The van der Waals surface area contributed by atoms with Crippen molar-refractivity contribution in [3.63, 3.8) is 0 Å². The molecule has 6 nitrogen and oxygen atoms in total. The van der Waals surface area contributed by atoms with Crippen molar-refractivity contribution in [1.29, 1.82) is 0 Å². The molecule has 0 unspecified atom stereocenters. The Labute approximate surface area is 195 Å². The van der Waals surface area contributed by atoms with Crippen LogP contribution in [0.3, 0.4) is 0 Å². The third-order valence-corrected chi connectivity index (χ3v) is 4.50. The molecule has 0 spiro atoms. The topological polar surface area (TPSA) is 68.8 Å². The molecule has 3 N–H and O–H groups in total. The van der Waals surface area contributed by atoms with Gasteiger partial charge in [-0.05, 0) is 48.9 Å². The van der Waals surface area contributed by atoms with Crippen molar-refractivity contribution in [3.8, 4) is 0 Å². The molecule has 2 aromatic carbocycles. The first-order valence-corrected chi connectivity index (χ1v) is 9.70. The van der Waals surface area contributed by atoms with Gasteiger partial charge in [-0.25, -0.2) is 4.39 Å². The summed E-state index contributed by atoms with van der Waals surface area (Å²) in [7, 11) is 5.40. The van der Waals surface area contributed by atoms with Crippen molar-refractivity contribution >= 4 is 35.8 Å². The number of nitrogens with one attached hydrogen (secondary N) is 3. The average Bonchev–Trinajstić information content (AvgIpc) is 2.74. The standard InChI is InChI=1S/C22H30FN5O.HI/c1-24-21(29)19-6-4-5-17(15-19)11-12-26-22(25-2)27-13-14-28(3)16-18-7-9-20(23)10-8-18;/h4-10,15H,11-14,16H2,1-3H3,(H,24,29)(H2,25,26,27);1H. The number of hydrogen-bond donors (Lipinski definition) is 3. The smallest absolute Gasteiger partial charge is 0.251 e. The van der Waals surface area contributed by atoms with E-state index in [0.29, 0.717) is 12.1 Å². The second-order valence-electron chi connectivity index (χ2n) is 6.82. The van der Waals surface area contributed by atoms with Crippen LogP contribution in [0.15, 0.2) is 53.5 Å². The third kappa shape index (κ3) is 9.08. The van der Waals surface area contributed by atoms with Gasteiger partial charge in [0.15, 0.2) is 5.96 Å². The molecular weight excluding hydrogens is 496 g/mol. The van der Waals surface area contributed by atoms with Gasteiger partial charge in [0.05, 0.1) is 0 Å². The zero-order valence-corrected chi connectivity index (χ0v) is 20.1. The van der Waals surface area contributed by atoms with Crippen LogP contribution in [0.5, 0.6) is 0 Å². The van der Waals surface area contributed by atoms with Crippen LogP contribution in [0, 0.1) is 5.82 Å². The van der Waals surface area contributed by atoms with Crippen LogP contribution in [0.2, 0.25) is 0 Å². The summed E-state index contributed by atoms with van der Waals surface area (Å²) < 4.78 is 13.0. The van der Waals surface area contributed by atoms with E-state index < -0.39 is 0 Å². The number of amides is 1. The summed E-state index contributed by atoms with van der Waals surface area (Å²) >= 11 is 0. The quantitative estimate of drug-likeness (QED) is 0.267. The Bertz CT molecular complexity index is 813. The van der Waals surface area contributed by atoms with E-state index in [9.17, 15) is 9.18 Å². The monoisotopic (exact) mass is 527 g/mol. The lowest BCUT2D eigenvalue weighted by Gasteiger charge is -2.18. The first-order chi connectivity index (χ1) is 14.0. The van der Waals surface area contributed by atoms with Crippen molar-refractivity contribution < 1.29 is 9.18 Å². The second kappa shape index (κ2) is 13.9. The predicted molar refractivity (Wildman–Crippen MR) is 131 cm³/mol. The predicted octanol–water partition coefficient (Wildman–Crippen LogP) is 2.64. The number of rotatable bonds is 9. The fraction of sp³-hybridized carbons (Fsp3) is 0.364. The van der Waals surface area contributed by atoms with Crippen LogP contribution in [0.1, 0.15) is 21.5 Å². The molecule has 0 radical (unpaired) electrons. The molecule has 0 fully saturated rings. The zero-order chi connectivity index (χ0) is 21.1. The Hall–Kier alpha value is -2.20. The fourth-order valence-electron chi connectivity index (χ4n) is 2.90. The van der Waals surface area contributed by atoms with E-state index in [2.05, 4.69) is 25.8 Å². The highest BCUT2D eigenvalue weighted by Gasteiger charge is 2.05. The molecule has 0 saturated heterocycles. The summed E-state index contributed by atoms with van der Waals surface area (Å²) in [4.78, 5) is 18.1. The van der Waals surface area contributed by atoms with E-state index in [1.807, 2.05) is 25.2 Å². The van der Waals surface area contributed by atoms with Gasteiger partial charge in [-0.1, -0.05) is 24.3 Å². The van der Waals surface area contributed by atoms with Crippen molar-refractivity contribution in [3.05, 3.63) is 71.0 Å². The van der Waals surface area contributed by atoms with E-state index in [4.69, 9.17) is 0 Å². The first kappa shape index (κ1) is 25.8. The Morgan fingerprint density at radius 2 is 1.77 bits per heavy atom. The average molecular weight is 527 g/mol. The fourth-order valence-corrected chi connectivity index (χ4v) is 2.90. The highest BCUT2D eigenvalue weighted by Crippen LogP contribution is 2.06. The van der Waals surface area contributed by atoms with Gasteiger partial charge in [-0.3, -0.25) is 9.79 Å². The van der Waals surface area contributed by atoms with Gasteiger partial charge in [0.2, 0.25) is 0 Å². The largest absolute Gasteiger partial charge is 0.356 e. The molecule has 8 heteroatoms. The molecule has 0 aliphatic heterocycles. The van der Waals surface area contributed by atoms with Crippen LogP contribution in [0.25, 0.3) is 0 Å². The zero-order valence-electron chi connectivity index (χ0n) is 17.7. The van der Waals surface area contributed by atoms with Crippen LogP contribution in [-0.4, -0.2) is 57.5 Å². The minimum Gasteiger partial charge on any atom is -0.356 e. The maximum Gasteiger partial charge on any atom is 0.251 e. The van der Waals surface area contributed by atoms with Crippen molar-refractivity contribution in [1.82, 2.24) is 20.9 Å². The number of carbonyl (C=O) groups is 1. The summed E-state index contributed by atoms with van der Waals surface area (Å²) in [6.07, 6.45) is 0.788. The number of benzene rings is 2. The summed E-state index contributed by atoms with van der Waals surface area (Å²) in [6.45, 7) is 3.04. The van der Waals surface area contributed by atoms with Gasteiger partial charge >= 0.3 is 0 Å². The number of nitrogens with zero attached hydrogens (tertiary/aromatic N) is 2. The summed E-state index contributed by atoms with van der Waals surface area (Å²) in [5, 5.41) is 9.22. The van der Waals surface area contributed by atoms with E-state index in [1.165, 1.54) is 12.1 Å². The van der Waals surface area contributed by atoms with Gasteiger partial charge in [-0.15, -0.1) is 24.0 Å². The molecule has 164 valence electrons. The summed E-state index contributed by atoms with van der Waals surface area (Å²) in [5.74, 6) is 0.443. The number of aliphatic imine (C=N–C) groups is 1. The van der Waals surface area contributed by atoms with E-state index in [1.54, 1.807) is 32.3 Å². The number of guanidine groups is 1. The third-order valence-electron chi connectivity index (χ3n) is 4.50. The molecule has 1 amide bonds. The van der Waals surface area contributed by atoms with E-state index in [0.717, 1.165) is 43.1 Å². The van der Waals surface area contributed by atoms with Crippen LogP contribution >= 0.6 is 24.0 Å². The maximum atomic E-state index is 13.0. The Kier molecular flexibility index (Phi) is 12.0. The molecule has 0 aliphatic rings. The Morgan fingerprint density at radius 3 is 2.43 bits per heavy atom. The first-order valence-electron chi connectivity index (χ1n) is 9.70. The van der Waals surface area contributed by atoms with Gasteiger partial charge in [0.1, 0.15) is 5.82 Å². The number of hydrogen-bond acceptors (Lipinski definition) is 3. The molecule has 0 atom stereocenters. The Balaban J connectivity index is 0.00000450. The minimum atomic E-state index is -0.215. The van der Waals surface area contributed by atoms with Crippen LogP contribution in [0.4, 0.5) is 4.39 Å². The maximum absolute atomic E-state index is 13.0. The van der Waals surface area contributed by atoms with Crippen molar-refractivity contribution in [2.24, 2.45) is 4.99 Å². The van der Waals surface area contributed by atoms with Gasteiger partial charge in [0.25, 0.3) is 5.91 Å². The van der Waals surface area contributed by atoms with Gasteiger partial charge < -0.3 is 20.9 Å². The van der Waals surface area contributed by atoms with E-state index in [-0.39, 0.29) is 35.7 Å². The molecular formula is C22H31FIN5O. The van der Waals surface area contributed by atoms with Gasteiger partial charge in [0, 0.05) is 45.8 Å². The van der Waals surface area contributed by atoms with Gasteiger partial charge in [-0.2, -0.15) is 0 Å². The number of carbonyl (C=O) groups excluding carboxylic acids is 1.